The molecule has 0 aromatic heterocycles. The van der Waals surface area contributed by atoms with Crippen molar-refractivity contribution in [3.63, 3.8) is 0 Å². The fourth-order valence-corrected chi connectivity index (χ4v) is 3.59. The summed E-state index contributed by atoms with van der Waals surface area (Å²) in [5, 5.41) is 2.81. The molecule has 1 aliphatic rings. The molecule has 0 bridgehead atoms. The number of fused-ring (bicyclic) bond motifs is 1. The normalized spacial score (nSPS) is 13.2. The van der Waals surface area contributed by atoms with Gasteiger partial charge in [-0.05, 0) is 29.8 Å². The third kappa shape index (κ3) is 3.59. The van der Waals surface area contributed by atoms with Crippen LogP contribution in [0.2, 0.25) is 0 Å². The van der Waals surface area contributed by atoms with E-state index in [9.17, 15) is 9.59 Å². The summed E-state index contributed by atoms with van der Waals surface area (Å²) in [6.45, 7) is 0.512. The first-order valence-electron chi connectivity index (χ1n) is 7.10. The summed E-state index contributed by atoms with van der Waals surface area (Å²) in [6.07, 6.45) is 0. The first-order chi connectivity index (χ1) is 11.0. The molecule has 4 nitrogen and oxygen atoms in total. The van der Waals surface area contributed by atoms with E-state index in [0.717, 1.165) is 14.9 Å². The molecule has 0 saturated carbocycles. The largest absolute Gasteiger partial charge is 0.337 e. The molecule has 2 aromatic rings. The summed E-state index contributed by atoms with van der Waals surface area (Å²) in [5.74, 6) is 0.310. The Hall–Kier alpha value is -1.79. The topological polar surface area (TPSA) is 49.4 Å². The zero-order chi connectivity index (χ0) is 16.4. The van der Waals surface area contributed by atoms with Gasteiger partial charge in [0.25, 0.3) is 5.91 Å². The van der Waals surface area contributed by atoms with Gasteiger partial charge in [-0.3, -0.25) is 9.59 Å². The lowest BCUT2D eigenvalue weighted by Gasteiger charge is -2.20. The molecular formula is C17H15BrN2O2S. The van der Waals surface area contributed by atoms with Crippen LogP contribution in [0.5, 0.6) is 0 Å². The van der Waals surface area contributed by atoms with Crippen LogP contribution in [0.15, 0.2) is 51.8 Å². The van der Waals surface area contributed by atoms with Crippen LogP contribution in [-0.2, 0) is 11.3 Å². The van der Waals surface area contributed by atoms with Crippen LogP contribution in [-0.4, -0.2) is 29.5 Å². The Labute approximate surface area is 147 Å². The molecular weight excluding hydrogens is 376 g/mol. The molecule has 1 aliphatic heterocycles. The van der Waals surface area contributed by atoms with E-state index in [0.29, 0.717) is 23.5 Å². The van der Waals surface area contributed by atoms with Gasteiger partial charge in [0.2, 0.25) is 5.91 Å². The third-order valence-corrected chi connectivity index (χ3v) is 5.42. The Morgan fingerprint density at radius 3 is 2.87 bits per heavy atom. The number of carbonyl (C=O) groups excluding carboxylic acids is 2. The van der Waals surface area contributed by atoms with E-state index >= 15 is 0 Å². The maximum absolute atomic E-state index is 12.6. The average Bonchev–Trinajstić information content (AvgIpc) is 2.55. The van der Waals surface area contributed by atoms with Crippen LogP contribution >= 0.6 is 27.7 Å². The van der Waals surface area contributed by atoms with Crippen molar-refractivity contribution in [2.45, 2.75) is 11.4 Å². The van der Waals surface area contributed by atoms with E-state index in [-0.39, 0.29) is 11.8 Å². The number of anilines is 1. The first kappa shape index (κ1) is 16.1. The predicted octanol–water partition coefficient (Wildman–Crippen LogP) is 3.77. The maximum Gasteiger partial charge on any atom is 0.253 e. The number of nitrogens with one attached hydrogen (secondary N) is 1. The molecule has 1 N–H and O–H groups in total. The molecule has 3 rings (SSSR count). The Morgan fingerprint density at radius 2 is 2.09 bits per heavy atom. The number of halogens is 1. The van der Waals surface area contributed by atoms with E-state index in [1.165, 1.54) is 11.8 Å². The van der Waals surface area contributed by atoms with Gasteiger partial charge >= 0.3 is 0 Å². The summed E-state index contributed by atoms with van der Waals surface area (Å²) in [5.41, 5.74) is 2.33. The highest BCUT2D eigenvalue weighted by atomic mass is 79.9. The fraction of sp³-hybridized carbons (Fsp3) is 0.176. The van der Waals surface area contributed by atoms with Crippen LogP contribution in [0.1, 0.15) is 15.9 Å². The SMILES string of the molecule is CN(Cc1ccccc1Br)C(=O)c1ccc2c(c1)NC(=O)CS2. The highest BCUT2D eigenvalue weighted by molar-refractivity contribution is 9.10. The second kappa shape index (κ2) is 6.76. The van der Waals surface area contributed by atoms with Gasteiger partial charge in [0.1, 0.15) is 0 Å². The lowest BCUT2D eigenvalue weighted by atomic mass is 10.1. The highest BCUT2D eigenvalue weighted by Crippen LogP contribution is 2.32. The number of thioether (sulfide) groups is 1. The second-order valence-electron chi connectivity index (χ2n) is 5.30. The van der Waals surface area contributed by atoms with Crippen LogP contribution in [0, 0.1) is 0 Å². The van der Waals surface area contributed by atoms with Crippen LogP contribution < -0.4 is 5.32 Å². The molecule has 1 heterocycles. The Bertz CT molecular complexity index is 779. The van der Waals surface area contributed by atoms with Crippen molar-refractivity contribution in [1.29, 1.82) is 0 Å². The van der Waals surface area contributed by atoms with Gasteiger partial charge < -0.3 is 10.2 Å². The van der Waals surface area contributed by atoms with E-state index in [1.54, 1.807) is 18.0 Å². The zero-order valence-electron chi connectivity index (χ0n) is 12.5. The second-order valence-corrected chi connectivity index (χ2v) is 7.17. The minimum absolute atomic E-state index is 0.0336. The molecule has 0 atom stereocenters. The van der Waals surface area contributed by atoms with E-state index < -0.39 is 0 Å². The molecule has 118 valence electrons. The molecule has 0 unspecified atom stereocenters. The van der Waals surface area contributed by atoms with Gasteiger partial charge in [0.15, 0.2) is 0 Å². The molecule has 23 heavy (non-hydrogen) atoms. The predicted molar refractivity (Wildman–Crippen MR) is 95.7 cm³/mol. The number of amides is 2. The van der Waals surface area contributed by atoms with Crippen molar-refractivity contribution in [2.75, 3.05) is 18.1 Å². The summed E-state index contributed by atoms with van der Waals surface area (Å²) >= 11 is 4.98. The zero-order valence-corrected chi connectivity index (χ0v) is 14.9. The lowest BCUT2D eigenvalue weighted by molar-refractivity contribution is -0.113. The molecule has 2 amide bonds. The Morgan fingerprint density at radius 1 is 1.30 bits per heavy atom. The van der Waals surface area contributed by atoms with Crippen LogP contribution in [0.25, 0.3) is 0 Å². The number of hydrogen-bond donors (Lipinski definition) is 1. The van der Waals surface area contributed by atoms with E-state index in [2.05, 4.69) is 21.2 Å². The van der Waals surface area contributed by atoms with Crippen LogP contribution in [0.4, 0.5) is 5.69 Å². The van der Waals surface area contributed by atoms with Crippen molar-refractivity contribution in [2.24, 2.45) is 0 Å². The molecule has 0 fully saturated rings. The van der Waals surface area contributed by atoms with Crippen molar-refractivity contribution in [3.8, 4) is 0 Å². The molecule has 6 heteroatoms. The monoisotopic (exact) mass is 390 g/mol. The number of carbonyl (C=O) groups is 2. The number of rotatable bonds is 3. The van der Waals surface area contributed by atoms with Crippen LogP contribution in [0.3, 0.4) is 0 Å². The number of nitrogens with zero attached hydrogens (tertiary/aromatic N) is 1. The number of hydrogen-bond acceptors (Lipinski definition) is 3. The fourth-order valence-electron chi connectivity index (χ4n) is 2.39. The van der Waals surface area contributed by atoms with Gasteiger partial charge in [-0.25, -0.2) is 0 Å². The van der Waals surface area contributed by atoms with Gasteiger partial charge in [-0.2, -0.15) is 0 Å². The summed E-state index contributed by atoms with van der Waals surface area (Å²) in [7, 11) is 1.77. The molecule has 0 saturated heterocycles. The molecule has 0 spiro atoms. The minimum Gasteiger partial charge on any atom is -0.337 e. The van der Waals surface area contributed by atoms with Gasteiger partial charge in [0, 0.05) is 28.5 Å². The highest BCUT2D eigenvalue weighted by Gasteiger charge is 2.19. The summed E-state index contributed by atoms with van der Waals surface area (Å²) in [6, 6.07) is 13.3. The standard InChI is InChI=1S/C17H15BrN2O2S/c1-20(9-12-4-2-3-5-13(12)18)17(22)11-6-7-15-14(8-11)19-16(21)10-23-15/h2-8H,9-10H2,1H3,(H,19,21). The Kier molecular flexibility index (Phi) is 4.73. The minimum atomic E-state index is -0.0756. The summed E-state index contributed by atoms with van der Waals surface area (Å²) < 4.78 is 0.980. The third-order valence-electron chi connectivity index (χ3n) is 3.57. The van der Waals surface area contributed by atoms with E-state index in [1.807, 2.05) is 36.4 Å². The van der Waals surface area contributed by atoms with Crippen molar-refractivity contribution >= 4 is 45.2 Å². The van der Waals surface area contributed by atoms with Crippen molar-refractivity contribution in [1.82, 2.24) is 4.90 Å². The van der Waals surface area contributed by atoms with Gasteiger partial charge in [-0.1, -0.05) is 34.1 Å². The lowest BCUT2D eigenvalue weighted by Crippen LogP contribution is -2.27. The summed E-state index contributed by atoms with van der Waals surface area (Å²) in [4.78, 5) is 26.8. The number of benzene rings is 2. The van der Waals surface area contributed by atoms with Gasteiger partial charge in [0.05, 0.1) is 11.4 Å². The smallest absolute Gasteiger partial charge is 0.253 e. The average molecular weight is 391 g/mol. The molecule has 0 radical (unpaired) electrons. The van der Waals surface area contributed by atoms with Gasteiger partial charge in [-0.15, -0.1) is 11.8 Å². The van der Waals surface area contributed by atoms with E-state index in [4.69, 9.17) is 0 Å². The maximum atomic E-state index is 12.6. The molecule has 2 aromatic carbocycles. The Balaban J connectivity index is 1.79. The molecule has 0 aliphatic carbocycles. The van der Waals surface area contributed by atoms with Crippen molar-refractivity contribution < 1.29 is 9.59 Å². The van der Waals surface area contributed by atoms with Crippen molar-refractivity contribution in [3.05, 3.63) is 58.1 Å². The first-order valence-corrected chi connectivity index (χ1v) is 8.88. The quantitative estimate of drug-likeness (QED) is 0.867.